The number of halogens is 1. The molecule has 0 fully saturated rings. The summed E-state index contributed by atoms with van der Waals surface area (Å²) in [6.45, 7) is 2.58. The maximum Gasteiger partial charge on any atom is 0.262 e. The molecule has 0 saturated heterocycles. The molecule has 1 heterocycles. The fraction of sp³-hybridized carbons (Fsp3) is 0.364. The van der Waals surface area contributed by atoms with Gasteiger partial charge in [-0.2, -0.15) is 0 Å². The Morgan fingerprint density at radius 3 is 2.60 bits per heavy atom. The average Bonchev–Trinajstić information content (AvgIpc) is 2.97. The van der Waals surface area contributed by atoms with Crippen LogP contribution in [0.3, 0.4) is 0 Å². The van der Waals surface area contributed by atoms with Crippen molar-refractivity contribution in [1.82, 2.24) is 4.72 Å². The summed E-state index contributed by atoms with van der Waals surface area (Å²) in [6.07, 6.45) is 4.49. The first-order valence-corrected chi connectivity index (χ1v) is 11.9. The minimum atomic E-state index is -3.68. The highest BCUT2D eigenvalue weighted by molar-refractivity contribution is 7.90. The number of nitrogens with zero attached hydrogens (tertiary/aromatic N) is 1. The van der Waals surface area contributed by atoms with Crippen LogP contribution in [0.15, 0.2) is 52.4 Å². The van der Waals surface area contributed by atoms with E-state index in [4.69, 9.17) is 11.6 Å². The second-order valence-electron chi connectivity index (χ2n) is 7.40. The number of amidine groups is 1. The lowest BCUT2D eigenvalue weighted by molar-refractivity contribution is -0.116. The fourth-order valence-corrected chi connectivity index (χ4v) is 4.45. The molecule has 3 rings (SSSR count). The van der Waals surface area contributed by atoms with Gasteiger partial charge in [0.1, 0.15) is 5.84 Å². The van der Waals surface area contributed by atoms with E-state index in [-0.39, 0.29) is 10.8 Å². The zero-order valence-electron chi connectivity index (χ0n) is 16.9. The highest BCUT2D eigenvalue weighted by atomic mass is 35.5. The lowest BCUT2D eigenvalue weighted by atomic mass is 10.1. The standard InChI is InChI=1S/C22H26ClN3O3S/c1-16-6-7-17(15-20(16)23)8-13-22(27)25-18-9-11-19(12-10-18)30(28,29)26-21-5-3-2-4-14-24-21/h6-7,9-12,15H,2-5,8,13-14H2,1H3,(H,24,26)(H,25,27). The maximum absolute atomic E-state index is 12.6. The summed E-state index contributed by atoms with van der Waals surface area (Å²) in [4.78, 5) is 16.7. The second-order valence-corrected chi connectivity index (χ2v) is 9.49. The number of benzene rings is 2. The predicted octanol–water partition coefficient (Wildman–Crippen LogP) is 4.47. The van der Waals surface area contributed by atoms with Crippen molar-refractivity contribution < 1.29 is 13.2 Å². The van der Waals surface area contributed by atoms with Crippen molar-refractivity contribution in [2.45, 2.75) is 50.3 Å². The largest absolute Gasteiger partial charge is 0.326 e. The highest BCUT2D eigenvalue weighted by Gasteiger charge is 2.17. The van der Waals surface area contributed by atoms with Gasteiger partial charge >= 0.3 is 0 Å². The van der Waals surface area contributed by atoms with Crippen LogP contribution in [0.2, 0.25) is 5.02 Å². The number of aliphatic imine (C=N–C) groups is 1. The van der Waals surface area contributed by atoms with E-state index >= 15 is 0 Å². The molecule has 1 aliphatic heterocycles. The van der Waals surface area contributed by atoms with Gasteiger partial charge in [0.2, 0.25) is 5.91 Å². The molecule has 0 aliphatic carbocycles. The normalized spacial score (nSPS) is 14.5. The minimum Gasteiger partial charge on any atom is -0.326 e. The number of nitrogens with one attached hydrogen (secondary N) is 2. The van der Waals surface area contributed by atoms with Gasteiger partial charge in [0.05, 0.1) is 4.90 Å². The molecule has 0 bridgehead atoms. The molecule has 2 aromatic rings. The van der Waals surface area contributed by atoms with Crippen LogP contribution in [-0.2, 0) is 21.2 Å². The van der Waals surface area contributed by atoms with E-state index in [2.05, 4.69) is 15.0 Å². The average molecular weight is 448 g/mol. The summed E-state index contributed by atoms with van der Waals surface area (Å²) in [5.41, 5.74) is 2.54. The molecule has 0 atom stereocenters. The summed E-state index contributed by atoms with van der Waals surface area (Å²) in [7, 11) is -3.68. The van der Waals surface area contributed by atoms with Crippen molar-refractivity contribution in [1.29, 1.82) is 0 Å². The van der Waals surface area contributed by atoms with E-state index in [1.807, 2.05) is 25.1 Å². The van der Waals surface area contributed by atoms with Gasteiger partial charge in [0, 0.05) is 30.1 Å². The molecule has 0 aromatic heterocycles. The maximum atomic E-state index is 12.6. The topological polar surface area (TPSA) is 87.6 Å². The fourth-order valence-electron chi connectivity index (χ4n) is 3.16. The first kappa shape index (κ1) is 22.3. The molecule has 0 spiro atoms. The molecule has 6 nitrogen and oxygen atoms in total. The molecule has 1 amide bonds. The number of sulfonamides is 1. The Hall–Kier alpha value is -2.38. The number of amides is 1. The van der Waals surface area contributed by atoms with Crippen LogP contribution < -0.4 is 10.0 Å². The van der Waals surface area contributed by atoms with Gasteiger partial charge in [-0.05, 0) is 67.6 Å². The number of carbonyl (C=O) groups is 1. The van der Waals surface area contributed by atoms with E-state index in [0.717, 1.165) is 30.4 Å². The molecule has 160 valence electrons. The third kappa shape index (κ3) is 6.31. The van der Waals surface area contributed by atoms with Gasteiger partial charge in [0.15, 0.2) is 0 Å². The van der Waals surface area contributed by atoms with Crippen molar-refractivity contribution in [2.24, 2.45) is 4.99 Å². The molecular formula is C22H26ClN3O3S. The second kappa shape index (κ2) is 10.1. The summed E-state index contributed by atoms with van der Waals surface area (Å²) >= 11 is 6.12. The quantitative estimate of drug-likeness (QED) is 0.684. The summed E-state index contributed by atoms with van der Waals surface area (Å²) in [5, 5.41) is 3.48. The van der Waals surface area contributed by atoms with Crippen molar-refractivity contribution in [3.05, 3.63) is 58.6 Å². The Kier molecular flexibility index (Phi) is 7.50. The number of hydrogen-bond acceptors (Lipinski definition) is 4. The van der Waals surface area contributed by atoms with E-state index in [1.165, 1.54) is 12.1 Å². The van der Waals surface area contributed by atoms with E-state index < -0.39 is 10.0 Å². The molecule has 2 aromatic carbocycles. The van der Waals surface area contributed by atoms with Crippen molar-refractivity contribution >= 4 is 39.1 Å². The molecule has 0 saturated carbocycles. The van der Waals surface area contributed by atoms with Gasteiger partial charge in [0.25, 0.3) is 10.0 Å². The van der Waals surface area contributed by atoms with Gasteiger partial charge in [-0.25, -0.2) is 8.42 Å². The van der Waals surface area contributed by atoms with Crippen LogP contribution in [0.5, 0.6) is 0 Å². The van der Waals surface area contributed by atoms with Crippen LogP contribution in [0.25, 0.3) is 0 Å². The van der Waals surface area contributed by atoms with E-state index in [9.17, 15) is 13.2 Å². The van der Waals surface area contributed by atoms with E-state index in [0.29, 0.717) is 42.4 Å². The Morgan fingerprint density at radius 1 is 1.10 bits per heavy atom. The highest BCUT2D eigenvalue weighted by Crippen LogP contribution is 2.19. The predicted molar refractivity (Wildman–Crippen MR) is 121 cm³/mol. The first-order chi connectivity index (χ1) is 14.3. The molecule has 8 heteroatoms. The number of carbonyl (C=O) groups excluding carboxylic acids is 1. The molecule has 2 N–H and O–H groups in total. The number of aryl methyl sites for hydroxylation is 2. The summed E-state index contributed by atoms with van der Waals surface area (Å²) in [5.74, 6) is 0.370. The van der Waals surface area contributed by atoms with Gasteiger partial charge in [-0.1, -0.05) is 30.2 Å². The summed E-state index contributed by atoms with van der Waals surface area (Å²) < 4.78 is 27.7. The van der Waals surface area contributed by atoms with Crippen LogP contribution >= 0.6 is 11.6 Å². The van der Waals surface area contributed by atoms with Gasteiger partial charge < -0.3 is 5.32 Å². The van der Waals surface area contributed by atoms with E-state index in [1.54, 1.807) is 12.1 Å². The number of hydrogen-bond donors (Lipinski definition) is 2. The Bertz CT molecular complexity index is 1030. The zero-order chi connectivity index (χ0) is 21.6. The lowest BCUT2D eigenvalue weighted by Crippen LogP contribution is -2.30. The lowest BCUT2D eigenvalue weighted by Gasteiger charge is -2.11. The number of anilines is 1. The van der Waals surface area contributed by atoms with Crippen LogP contribution in [0, 0.1) is 6.92 Å². The third-order valence-electron chi connectivity index (χ3n) is 4.95. The minimum absolute atomic E-state index is 0.141. The number of rotatable bonds is 6. The Morgan fingerprint density at radius 2 is 1.87 bits per heavy atom. The summed E-state index contributed by atoms with van der Waals surface area (Å²) in [6, 6.07) is 11.9. The molecule has 0 unspecified atom stereocenters. The van der Waals surface area contributed by atoms with Gasteiger partial charge in [-0.3, -0.25) is 14.5 Å². The van der Waals surface area contributed by atoms with Gasteiger partial charge in [-0.15, -0.1) is 0 Å². The third-order valence-corrected chi connectivity index (χ3v) is 6.76. The molecule has 0 radical (unpaired) electrons. The molecule has 1 aliphatic rings. The molecular weight excluding hydrogens is 422 g/mol. The van der Waals surface area contributed by atoms with Crippen LogP contribution in [0.4, 0.5) is 5.69 Å². The van der Waals surface area contributed by atoms with Crippen LogP contribution in [-0.4, -0.2) is 26.7 Å². The van der Waals surface area contributed by atoms with Crippen molar-refractivity contribution in [3.63, 3.8) is 0 Å². The Balaban J connectivity index is 1.56. The van der Waals surface area contributed by atoms with Crippen LogP contribution in [0.1, 0.15) is 43.2 Å². The zero-order valence-corrected chi connectivity index (χ0v) is 18.5. The van der Waals surface area contributed by atoms with Crippen molar-refractivity contribution in [2.75, 3.05) is 11.9 Å². The smallest absolute Gasteiger partial charge is 0.262 e. The Labute approximate surface area is 182 Å². The van der Waals surface area contributed by atoms with Crippen molar-refractivity contribution in [3.8, 4) is 0 Å². The SMILES string of the molecule is Cc1ccc(CCC(=O)Nc2ccc(S(=O)(=O)NC3=NCCCCC3)cc2)cc1Cl. The molecule has 30 heavy (non-hydrogen) atoms. The first-order valence-electron chi connectivity index (χ1n) is 10.0. The monoisotopic (exact) mass is 447 g/mol.